The molecule has 0 unspecified atom stereocenters. The zero-order valence-corrected chi connectivity index (χ0v) is 18.3. The summed E-state index contributed by atoms with van der Waals surface area (Å²) >= 11 is 0. The Kier molecular flexibility index (Phi) is 6.28. The van der Waals surface area contributed by atoms with E-state index < -0.39 is 35.4 Å². The van der Waals surface area contributed by atoms with Crippen LogP contribution in [0, 0.1) is 5.92 Å². The number of aromatic nitrogens is 2. The third-order valence-corrected chi connectivity index (χ3v) is 5.80. The molecule has 0 bridgehead atoms. The molecule has 0 aromatic carbocycles. The lowest BCUT2D eigenvalue weighted by Gasteiger charge is -2.25. The molecule has 0 spiro atoms. The number of nitrogens with zero attached hydrogens (tertiary/aromatic N) is 2. The minimum atomic E-state index is -4.63. The van der Waals surface area contributed by atoms with Crippen molar-refractivity contribution in [3.63, 3.8) is 0 Å². The van der Waals surface area contributed by atoms with Gasteiger partial charge in [-0.2, -0.15) is 13.2 Å². The number of rotatable bonds is 5. The van der Waals surface area contributed by atoms with Gasteiger partial charge in [0, 0.05) is 42.6 Å². The predicted octanol–water partition coefficient (Wildman–Crippen LogP) is 4.24. The van der Waals surface area contributed by atoms with E-state index in [1.807, 2.05) is 20.8 Å². The summed E-state index contributed by atoms with van der Waals surface area (Å²) in [7, 11) is 1.26. The summed E-state index contributed by atoms with van der Waals surface area (Å²) in [6.07, 6.45) is -3.17. The van der Waals surface area contributed by atoms with Crippen LogP contribution in [0.2, 0.25) is 0 Å². The molecule has 3 heterocycles. The zero-order valence-electron chi connectivity index (χ0n) is 18.3. The Morgan fingerprint density at radius 1 is 1.22 bits per heavy atom. The van der Waals surface area contributed by atoms with E-state index in [1.165, 1.54) is 32.4 Å². The number of nitrogens with one attached hydrogen (secondary N) is 1. The van der Waals surface area contributed by atoms with Gasteiger partial charge < -0.3 is 14.8 Å². The van der Waals surface area contributed by atoms with Crippen LogP contribution < -0.4 is 10.1 Å². The van der Waals surface area contributed by atoms with Gasteiger partial charge in [0.15, 0.2) is 5.78 Å². The van der Waals surface area contributed by atoms with Crippen LogP contribution in [-0.2, 0) is 15.7 Å². The van der Waals surface area contributed by atoms with E-state index in [2.05, 4.69) is 15.3 Å². The SMILES string of the molecule is COc1cc(C(F)(F)F)ncc1[C@H]1[C@H](C(=O)Nc2ccnc(C(C)=O)c2)OC(C)(C)[C@H]1C. The number of hydrogen-bond acceptors (Lipinski definition) is 6. The first-order valence-electron chi connectivity index (χ1n) is 9.92. The molecular weight excluding hydrogens is 427 g/mol. The van der Waals surface area contributed by atoms with Crippen LogP contribution in [0.3, 0.4) is 0 Å². The van der Waals surface area contributed by atoms with Gasteiger partial charge in [-0.15, -0.1) is 0 Å². The molecule has 32 heavy (non-hydrogen) atoms. The quantitative estimate of drug-likeness (QED) is 0.684. The van der Waals surface area contributed by atoms with E-state index in [0.717, 1.165) is 12.3 Å². The highest BCUT2D eigenvalue weighted by atomic mass is 19.4. The van der Waals surface area contributed by atoms with Gasteiger partial charge in [0.25, 0.3) is 5.91 Å². The molecule has 1 aliphatic heterocycles. The standard InChI is InChI=1S/C22H24F3N3O4/c1-11-18(14-10-27-17(22(23,24)25)9-16(14)31-5)19(32-21(11,3)4)20(30)28-13-6-7-26-15(8-13)12(2)29/h6-11,18-19H,1-5H3,(H,26,28,30)/t11-,18-,19+/m0/s1. The second kappa shape index (κ2) is 8.50. The summed E-state index contributed by atoms with van der Waals surface area (Å²) in [5.74, 6) is -1.66. The average Bonchev–Trinajstić information content (AvgIpc) is 2.96. The fourth-order valence-electron chi connectivity index (χ4n) is 3.80. The number of anilines is 1. The number of amides is 1. The van der Waals surface area contributed by atoms with Gasteiger partial charge in [-0.3, -0.25) is 19.6 Å². The van der Waals surface area contributed by atoms with E-state index in [4.69, 9.17) is 9.47 Å². The van der Waals surface area contributed by atoms with Crippen LogP contribution in [0.15, 0.2) is 30.6 Å². The number of carbonyl (C=O) groups excluding carboxylic acids is 2. The normalized spacial score (nSPS) is 22.4. The van der Waals surface area contributed by atoms with Crippen LogP contribution in [-0.4, -0.2) is 40.5 Å². The third kappa shape index (κ3) is 4.59. The zero-order chi connectivity index (χ0) is 23.8. The summed E-state index contributed by atoms with van der Waals surface area (Å²) in [5.41, 5.74) is -0.943. The molecule has 0 radical (unpaired) electrons. The Labute approximate surface area is 183 Å². The molecule has 2 aromatic rings. The number of pyridine rings is 2. The lowest BCUT2D eigenvalue weighted by Crippen LogP contribution is -2.33. The molecule has 3 rings (SSSR count). The van der Waals surface area contributed by atoms with Crippen molar-refractivity contribution in [1.29, 1.82) is 0 Å². The van der Waals surface area contributed by atoms with Crippen LogP contribution in [0.1, 0.15) is 55.4 Å². The second-order valence-electron chi connectivity index (χ2n) is 8.24. The van der Waals surface area contributed by atoms with Crippen molar-refractivity contribution in [2.24, 2.45) is 5.92 Å². The molecule has 1 fully saturated rings. The van der Waals surface area contributed by atoms with Gasteiger partial charge in [-0.05, 0) is 31.9 Å². The highest BCUT2D eigenvalue weighted by Crippen LogP contribution is 2.49. The molecule has 172 valence electrons. The van der Waals surface area contributed by atoms with E-state index in [0.29, 0.717) is 11.3 Å². The number of Topliss-reactive ketones (excluding diaryl/α,β-unsaturated/α-hetero) is 1. The summed E-state index contributed by atoms with van der Waals surface area (Å²) in [4.78, 5) is 32.2. The summed E-state index contributed by atoms with van der Waals surface area (Å²) in [6, 6.07) is 3.80. The number of alkyl halides is 3. The van der Waals surface area contributed by atoms with Crippen LogP contribution in [0.5, 0.6) is 5.75 Å². The van der Waals surface area contributed by atoms with E-state index in [9.17, 15) is 22.8 Å². The first-order valence-corrected chi connectivity index (χ1v) is 9.92. The third-order valence-electron chi connectivity index (χ3n) is 5.80. The number of hydrogen-bond donors (Lipinski definition) is 1. The Morgan fingerprint density at radius 2 is 1.91 bits per heavy atom. The van der Waals surface area contributed by atoms with Crippen molar-refractivity contribution < 1.29 is 32.2 Å². The van der Waals surface area contributed by atoms with Crippen LogP contribution in [0.4, 0.5) is 18.9 Å². The molecule has 0 saturated carbocycles. The number of methoxy groups -OCH3 is 1. The molecule has 0 aliphatic carbocycles. The Bertz CT molecular complexity index is 1040. The van der Waals surface area contributed by atoms with Crippen molar-refractivity contribution in [2.45, 2.75) is 51.5 Å². The van der Waals surface area contributed by atoms with E-state index in [-0.39, 0.29) is 23.1 Å². The first kappa shape index (κ1) is 23.6. The lowest BCUT2D eigenvalue weighted by atomic mass is 9.78. The molecule has 3 atom stereocenters. The van der Waals surface area contributed by atoms with Gasteiger partial charge in [0.05, 0.1) is 12.7 Å². The smallest absolute Gasteiger partial charge is 0.433 e. The molecular formula is C22H24F3N3O4. The van der Waals surface area contributed by atoms with Gasteiger partial charge >= 0.3 is 6.18 Å². The maximum absolute atomic E-state index is 13.2. The summed E-state index contributed by atoms with van der Waals surface area (Å²) < 4.78 is 50.6. The van der Waals surface area contributed by atoms with E-state index in [1.54, 1.807) is 0 Å². The van der Waals surface area contributed by atoms with Crippen molar-refractivity contribution in [1.82, 2.24) is 9.97 Å². The molecule has 1 aliphatic rings. The largest absolute Gasteiger partial charge is 0.496 e. The number of carbonyl (C=O) groups is 2. The highest BCUT2D eigenvalue weighted by Gasteiger charge is 2.51. The fraction of sp³-hybridized carbons (Fsp3) is 0.455. The molecule has 2 aromatic heterocycles. The Balaban J connectivity index is 1.98. The molecule has 1 saturated heterocycles. The van der Waals surface area contributed by atoms with Crippen LogP contribution in [0.25, 0.3) is 0 Å². The van der Waals surface area contributed by atoms with Gasteiger partial charge in [0.1, 0.15) is 23.2 Å². The number of ketones is 1. The molecule has 7 nitrogen and oxygen atoms in total. The van der Waals surface area contributed by atoms with Crippen LogP contribution >= 0.6 is 0 Å². The predicted molar refractivity (Wildman–Crippen MR) is 110 cm³/mol. The topological polar surface area (TPSA) is 90.4 Å². The minimum Gasteiger partial charge on any atom is -0.496 e. The number of halogens is 3. The Morgan fingerprint density at radius 3 is 2.50 bits per heavy atom. The molecule has 10 heteroatoms. The maximum atomic E-state index is 13.2. The summed E-state index contributed by atoms with van der Waals surface area (Å²) in [6.45, 7) is 6.83. The van der Waals surface area contributed by atoms with E-state index >= 15 is 0 Å². The summed E-state index contributed by atoms with van der Waals surface area (Å²) in [5, 5.41) is 2.71. The van der Waals surface area contributed by atoms with Crippen molar-refractivity contribution in [2.75, 3.05) is 12.4 Å². The lowest BCUT2D eigenvalue weighted by molar-refractivity contribution is -0.141. The van der Waals surface area contributed by atoms with Crippen molar-refractivity contribution in [3.05, 3.63) is 47.5 Å². The van der Waals surface area contributed by atoms with Gasteiger partial charge in [-0.1, -0.05) is 6.92 Å². The highest BCUT2D eigenvalue weighted by molar-refractivity contribution is 5.97. The Hall–Kier alpha value is -3.01. The fourth-order valence-corrected chi connectivity index (χ4v) is 3.80. The van der Waals surface area contributed by atoms with Gasteiger partial charge in [-0.25, -0.2) is 0 Å². The minimum absolute atomic E-state index is 0.0222. The van der Waals surface area contributed by atoms with Gasteiger partial charge in [0.2, 0.25) is 0 Å². The average molecular weight is 451 g/mol. The second-order valence-corrected chi connectivity index (χ2v) is 8.24. The number of ether oxygens (including phenoxy) is 2. The maximum Gasteiger partial charge on any atom is 0.433 e. The first-order chi connectivity index (χ1) is 14.8. The molecule has 1 N–H and O–H groups in total. The van der Waals surface area contributed by atoms with Crippen molar-refractivity contribution >= 4 is 17.4 Å². The molecule has 1 amide bonds. The monoisotopic (exact) mass is 451 g/mol. The van der Waals surface area contributed by atoms with Crippen molar-refractivity contribution in [3.8, 4) is 5.75 Å².